The van der Waals surface area contributed by atoms with Gasteiger partial charge in [0, 0.05) is 12.1 Å². The van der Waals surface area contributed by atoms with Gasteiger partial charge in [-0.25, -0.2) is 0 Å². The second-order valence-corrected chi connectivity index (χ2v) is 3.83. The molecule has 5 nitrogen and oxygen atoms in total. The van der Waals surface area contributed by atoms with E-state index in [4.69, 9.17) is 0 Å². The number of carbonyl (C=O) groups excluding carboxylic acids is 1. The van der Waals surface area contributed by atoms with Crippen LogP contribution in [0.1, 0.15) is 18.5 Å². The van der Waals surface area contributed by atoms with Crippen molar-refractivity contribution >= 4 is 11.5 Å². The third-order valence-electron chi connectivity index (χ3n) is 2.32. The maximum atomic E-state index is 11.4. The molecule has 0 aliphatic carbocycles. The number of likely N-dealkylation sites (N-methyl/N-ethyl adjacent to an activating group) is 1. The Balaban J connectivity index is 3.03. The average Bonchev–Trinajstić information content (AvgIpc) is 2.17. The van der Waals surface area contributed by atoms with Gasteiger partial charge in [-0.1, -0.05) is 12.1 Å². The van der Waals surface area contributed by atoms with Crippen molar-refractivity contribution in [1.82, 2.24) is 4.90 Å². The summed E-state index contributed by atoms with van der Waals surface area (Å²) in [6.45, 7) is 1.51. The Morgan fingerprint density at radius 3 is 2.12 bits per heavy atom. The molecule has 1 rings (SSSR count). The van der Waals surface area contributed by atoms with Gasteiger partial charge in [0.25, 0.3) is 5.69 Å². The van der Waals surface area contributed by atoms with E-state index in [9.17, 15) is 14.9 Å². The van der Waals surface area contributed by atoms with Crippen LogP contribution in [-0.2, 0) is 4.79 Å². The van der Waals surface area contributed by atoms with Gasteiger partial charge in [-0.2, -0.15) is 0 Å². The van der Waals surface area contributed by atoms with Crippen molar-refractivity contribution in [2.75, 3.05) is 14.1 Å². The number of nitrogens with zero attached hydrogens (tertiary/aromatic N) is 2. The zero-order valence-electron chi connectivity index (χ0n) is 9.51. The molecule has 0 saturated heterocycles. The van der Waals surface area contributed by atoms with E-state index in [-0.39, 0.29) is 17.5 Å². The van der Waals surface area contributed by atoms with Crippen LogP contribution in [0.2, 0.25) is 0 Å². The summed E-state index contributed by atoms with van der Waals surface area (Å²) in [5.74, 6) is 0.0128. The molecule has 86 valence electrons. The summed E-state index contributed by atoms with van der Waals surface area (Å²) in [6.07, 6.45) is 0. The number of nitro benzene ring substituents is 1. The highest BCUT2D eigenvalue weighted by Gasteiger charge is 2.19. The molecule has 1 unspecified atom stereocenters. The number of carbonyl (C=O) groups is 1. The van der Waals surface area contributed by atoms with E-state index >= 15 is 0 Å². The van der Waals surface area contributed by atoms with Crippen molar-refractivity contribution in [2.45, 2.75) is 13.0 Å². The van der Waals surface area contributed by atoms with E-state index in [1.54, 1.807) is 31.1 Å². The van der Waals surface area contributed by atoms with Crippen LogP contribution >= 0.6 is 0 Å². The largest absolute Gasteiger partial charge is 0.298 e. The normalized spacial score (nSPS) is 12.5. The van der Waals surface area contributed by atoms with E-state index in [1.807, 2.05) is 0 Å². The number of rotatable bonds is 4. The first-order chi connectivity index (χ1) is 7.43. The van der Waals surface area contributed by atoms with Crippen LogP contribution in [-0.4, -0.2) is 29.7 Å². The summed E-state index contributed by atoms with van der Waals surface area (Å²) >= 11 is 0. The molecule has 0 spiro atoms. The van der Waals surface area contributed by atoms with Gasteiger partial charge in [0.1, 0.15) is 0 Å². The number of hydrogen-bond acceptors (Lipinski definition) is 4. The lowest BCUT2D eigenvalue weighted by molar-refractivity contribution is -0.384. The second kappa shape index (κ2) is 4.85. The summed E-state index contributed by atoms with van der Waals surface area (Å²) in [5.41, 5.74) is 0.799. The van der Waals surface area contributed by atoms with Gasteiger partial charge in [-0.05, 0) is 26.6 Å². The number of benzene rings is 1. The Kier molecular flexibility index (Phi) is 3.73. The summed E-state index contributed by atoms with van der Waals surface area (Å²) in [5, 5.41) is 10.5. The predicted molar refractivity (Wildman–Crippen MR) is 60.2 cm³/mol. The summed E-state index contributed by atoms with van der Waals surface area (Å²) in [4.78, 5) is 23.2. The van der Waals surface area contributed by atoms with Gasteiger partial charge in [0.15, 0.2) is 5.78 Å². The Labute approximate surface area is 93.8 Å². The van der Waals surface area contributed by atoms with Crippen molar-refractivity contribution in [3.05, 3.63) is 39.9 Å². The average molecular weight is 222 g/mol. The molecule has 1 aromatic carbocycles. The van der Waals surface area contributed by atoms with Crippen molar-refractivity contribution in [3.63, 3.8) is 0 Å². The van der Waals surface area contributed by atoms with Gasteiger partial charge in [0.05, 0.1) is 11.0 Å². The molecule has 16 heavy (non-hydrogen) atoms. The molecule has 5 heteroatoms. The standard InChI is InChI=1S/C11H14N2O3/c1-8(14)11(12(2)3)9-4-6-10(7-5-9)13(15)16/h4-7,11H,1-3H3. The molecular formula is C11H14N2O3. The van der Waals surface area contributed by atoms with Crippen LogP contribution in [0.15, 0.2) is 24.3 Å². The molecule has 0 N–H and O–H groups in total. The van der Waals surface area contributed by atoms with Crippen LogP contribution in [0.3, 0.4) is 0 Å². The molecular weight excluding hydrogens is 208 g/mol. The van der Waals surface area contributed by atoms with E-state index in [0.29, 0.717) is 0 Å². The minimum Gasteiger partial charge on any atom is -0.298 e. The fraction of sp³-hybridized carbons (Fsp3) is 0.364. The first-order valence-electron chi connectivity index (χ1n) is 4.84. The van der Waals surface area contributed by atoms with E-state index < -0.39 is 4.92 Å². The quantitative estimate of drug-likeness (QED) is 0.575. The number of non-ortho nitro benzene ring substituents is 1. The van der Waals surface area contributed by atoms with Crippen molar-refractivity contribution < 1.29 is 9.72 Å². The molecule has 0 aliphatic rings. The van der Waals surface area contributed by atoms with Crippen molar-refractivity contribution in [3.8, 4) is 0 Å². The first kappa shape index (κ1) is 12.3. The molecule has 0 aromatic heterocycles. The number of Topliss-reactive ketones (excluding diaryl/α,β-unsaturated/α-hetero) is 1. The Hall–Kier alpha value is -1.75. The lowest BCUT2D eigenvalue weighted by atomic mass is 10.0. The first-order valence-corrected chi connectivity index (χ1v) is 4.84. The molecule has 0 bridgehead atoms. The minimum absolute atomic E-state index is 0.0128. The fourth-order valence-corrected chi connectivity index (χ4v) is 1.67. The minimum atomic E-state index is -0.456. The highest BCUT2D eigenvalue weighted by Crippen LogP contribution is 2.21. The monoisotopic (exact) mass is 222 g/mol. The van der Waals surface area contributed by atoms with Crippen LogP contribution in [0.5, 0.6) is 0 Å². The highest BCUT2D eigenvalue weighted by molar-refractivity contribution is 5.82. The second-order valence-electron chi connectivity index (χ2n) is 3.83. The van der Waals surface area contributed by atoms with Crippen LogP contribution < -0.4 is 0 Å². The Morgan fingerprint density at radius 1 is 1.31 bits per heavy atom. The fourth-order valence-electron chi connectivity index (χ4n) is 1.67. The van der Waals surface area contributed by atoms with Gasteiger partial charge < -0.3 is 0 Å². The summed E-state index contributed by atoms with van der Waals surface area (Å²) in [6, 6.07) is 5.71. The predicted octanol–water partition coefficient (Wildman–Crippen LogP) is 1.79. The number of ketones is 1. The zero-order valence-corrected chi connectivity index (χ0v) is 9.51. The van der Waals surface area contributed by atoms with Crippen LogP contribution in [0, 0.1) is 10.1 Å². The van der Waals surface area contributed by atoms with Crippen molar-refractivity contribution in [2.24, 2.45) is 0 Å². The van der Waals surface area contributed by atoms with E-state index in [0.717, 1.165) is 5.56 Å². The van der Waals surface area contributed by atoms with E-state index in [1.165, 1.54) is 19.1 Å². The molecule has 1 aromatic rings. The van der Waals surface area contributed by atoms with Gasteiger partial charge in [0.2, 0.25) is 0 Å². The number of hydrogen-bond donors (Lipinski definition) is 0. The zero-order chi connectivity index (χ0) is 12.3. The highest BCUT2D eigenvalue weighted by atomic mass is 16.6. The maximum Gasteiger partial charge on any atom is 0.269 e. The Bertz CT molecular complexity index is 398. The van der Waals surface area contributed by atoms with E-state index in [2.05, 4.69) is 0 Å². The molecule has 0 saturated carbocycles. The van der Waals surface area contributed by atoms with Gasteiger partial charge >= 0.3 is 0 Å². The topological polar surface area (TPSA) is 63.4 Å². The molecule has 0 aliphatic heterocycles. The molecule has 1 atom stereocenters. The van der Waals surface area contributed by atoms with Gasteiger partial charge in [-0.15, -0.1) is 0 Å². The lowest BCUT2D eigenvalue weighted by Crippen LogP contribution is -2.25. The third kappa shape index (κ3) is 2.64. The van der Waals surface area contributed by atoms with Gasteiger partial charge in [-0.3, -0.25) is 19.8 Å². The summed E-state index contributed by atoms with van der Waals surface area (Å²) < 4.78 is 0. The maximum absolute atomic E-state index is 11.4. The lowest BCUT2D eigenvalue weighted by Gasteiger charge is -2.21. The Morgan fingerprint density at radius 2 is 1.81 bits per heavy atom. The SMILES string of the molecule is CC(=O)C(c1ccc([N+](=O)[O-])cc1)N(C)C. The third-order valence-corrected chi connectivity index (χ3v) is 2.32. The molecule has 0 amide bonds. The molecule has 0 radical (unpaired) electrons. The molecule has 0 fully saturated rings. The van der Waals surface area contributed by atoms with Crippen LogP contribution in [0.25, 0.3) is 0 Å². The molecule has 0 heterocycles. The number of nitro groups is 1. The van der Waals surface area contributed by atoms with Crippen LogP contribution in [0.4, 0.5) is 5.69 Å². The van der Waals surface area contributed by atoms with Crippen molar-refractivity contribution in [1.29, 1.82) is 0 Å². The summed E-state index contributed by atoms with van der Waals surface area (Å²) in [7, 11) is 3.60. The smallest absolute Gasteiger partial charge is 0.269 e.